The molecular weight excluding hydrogens is 425 g/mol. The number of carbonyl (C=O) groups excluding carboxylic acids is 1. The Morgan fingerprint density at radius 1 is 1.09 bits per heavy atom. The summed E-state index contributed by atoms with van der Waals surface area (Å²) in [5, 5.41) is 3.57. The summed E-state index contributed by atoms with van der Waals surface area (Å²) in [7, 11) is 1.52. The van der Waals surface area contributed by atoms with Gasteiger partial charge in [0.05, 0.1) is 12.6 Å². The van der Waals surface area contributed by atoms with Crippen molar-refractivity contribution in [2.45, 2.75) is 39.3 Å². The van der Waals surface area contributed by atoms with Gasteiger partial charge < -0.3 is 14.8 Å². The van der Waals surface area contributed by atoms with Gasteiger partial charge in [0.15, 0.2) is 6.10 Å². The molecule has 1 aliphatic rings. The summed E-state index contributed by atoms with van der Waals surface area (Å²) in [4.78, 5) is 13.7. The van der Waals surface area contributed by atoms with Crippen LogP contribution in [0.25, 0.3) is 16.7 Å². The Kier molecular flexibility index (Phi) is 5.82. The van der Waals surface area contributed by atoms with Crippen LogP contribution in [0.15, 0.2) is 48.5 Å². The summed E-state index contributed by atoms with van der Waals surface area (Å²) < 4.78 is 25.2. The third kappa shape index (κ3) is 4.02. The van der Waals surface area contributed by atoms with Gasteiger partial charge in [-0.3, -0.25) is 4.79 Å². The van der Waals surface area contributed by atoms with E-state index in [9.17, 15) is 9.18 Å². The number of hydrogen-bond acceptors (Lipinski definition) is 5. The standard InChI is InChI=1S/C26H26FNO3S/c1-15-13-26(3,4)28-20-10-9-19(18-8-7-17(27)12-21(18)30-5)24(23(15)20)25(31-14-29)22-11-6-16(2)32-22/h6-14,25,28H,1-5H3. The number of allylic oxidation sites excluding steroid dienone is 1. The summed E-state index contributed by atoms with van der Waals surface area (Å²) in [6, 6.07) is 12.5. The summed E-state index contributed by atoms with van der Waals surface area (Å²) >= 11 is 1.58. The summed E-state index contributed by atoms with van der Waals surface area (Å²) in [5.74, 6) is 0.0447. The SMILES string of the molecule is COc1cc(F)ccc1-c1ccc2c(c1C(OC=O)c1ccc(C)s1)C(C)=CC(C)(C)N2. The number of rotatable bonds is 6. The van der Waals surface area contributed by atoms with Gasteiger partial charge in [0.2, 0.25) is 0 Å². The number of thiophene rings is 1. The van der Waals surface area contributed by atoms with Crippen molar-refractivity contribution >= 4 is 29.1 Å². The molecule has 0 aliphatic carbocycles. The quantitative estimate of drug-likeness (QED) is 0.422. The maximum absolute atomic E-state index is 13.9. The van der Waals surface area contributed by atoms with E-state index >= 15 is 0 Å². The zero-order valence-corrected chi connectivity index (χ0v) is 19.6. The molecule has 1 unspecified atom stereocenters. The van der Waals surface area contributed by atoms with Crippen LogP contribution < -0.4 is 10.1 Å². The molecular formula is C26H26FNO3S. The first-order valence-corrected chi connectivity index (χ1v) is 11.2. The number of methoxy groups -OCH3 is 1. The second-order valence-electron chi connectivity index (χ2n) is 8.53. The topological polar surface area (TPSA) is 47.6 Å². The number of aryl methyl sites for hydroxylation is 1. The molecule has 0 saturated heterocycles. The van der Waals surface area contributed by atoms with Gasteiger partial charge in [-0.1, -0.05) is 12.1 Å². The van der Waals surface area contributed by atoms with Crippen molar-refractivity contribution in [2.75, 3.05) is 12.4 Å². The number of nitrogens with one attached hydrogen (secondary N) is 1. The molecule has 0 fully saturated rings. The van der Waals surface area contributed by atoms with E-state index in [1.165, 1.54) is 19.2 Å². The van der Waals surface area contributed by atoms with Gasteiger partial charge >= 0.3 is 0 Å². The van der Waals surface area contributed by atoms with Gasteiger partial charge in [0.25, 0.3) is 6.47 Å². The van der Waals surface area contributed by atoms with Crippen molar-refractivity contribution in [3.8, 4) is 16.9 Å². The van der Waals surface area contributed by atoms with E-state index in [4.69, 9.17) is 9.47 Å². The number of halogens is 1. The smallest absolute Gasteiger partial charge is 0.294 e. The fourth-order valence-electron chi connectivity index (χ4n) is 4.47. The molecule has 0 spiro atoms. The van der Waals surface area contributed by atoms with Crippen molar-refractivity contribution in [1.29, 1.82) is 0 Å². The maximum atomic E-state index is 13.9. The van der Waals surface area contributed by atoms with Gasteiger partial charge in [-0.15, -0.1) is 11.3 Å². The first-order valence-electron chi connectivity index (χ1n) is 10.4. The number of hydrogen-bond donors (Lipinski definition) is 1. The van der Waals surface area contributed by atoms with Crippen LogP contribution in [0.1, 0.15) is 47.8 Å². The first kappa shape index (κ1) is 22.1. The van der Waals surface area contributed by atoms with Gasteiger partial charge in [0.1, 0.15) is 11.6 Å². The Labute approximate surface area is 191 Å². The van der Waals surface area contributed by atoms with Crippen molar-refractivity contribution in [3.05, 3.63) is 75.2 Å². The van der Waals surface area contributed by atoms with Gasteiger partial charge in [0, 0.05) is 38.2 Å². The third-order valence-electron chi connectivity index (χ3n) is 5.60. The molecule has 0 bridgehead atoms. The number of benzene rings is 2. The minimum Gasteiger partial charge on any atom is -0.496 e. The van der Waals surface area contributed by atoms with Crippen LogP contribution in [-0.2, 0) is 9.53 Å². The van der Waals surface area contributed by atoms with E-state index < -0.39 is 6.10 Å². The lowest BCUT2D eigenvalue weighted by Gasteiger charge is -2.34. The minimum atomic E-state index is -0.614. The average molecular weight is 452 g/mol. The summed E-state index contributed by atoms with van der Waals surface area (Å²) in [5.41, 5.74) is 5.20. The lowest BCUT2D eigenvalue weighted by atomic mass is 9.82. The van der Waals surface area contributed by atoms with Crippen molar-refractivity contribution in [1.82, 2.24) is 0 Å². The van der Waals surface area contributed by atoms with E-state index in [0.717, 1.165) is 43.3 Å². The molecule has 1 aliphatic heterocycles. The van der Waals surface area contributed by atoms with Crippen LogP contribution in [0, 0.1) is 12.7 Å². The summed E-state index contributed by atoms with van der Waals surface area (Å²) in [6.45, 7) is 8.79. The van der Waals surface area contributed by atoms with E-state index in [1.807, 2.05) is 31.2 Å². The maximum Gasteiger partial charge on any atom is 0.294 e. The van der Waals surface area contributed by atoms with E-state index in [0.29, 0.717) is 12.2 Å². The highest BCUT2D eigenvalue weighted by Gasteiger charge is 2.32. The zero-order valence-electron chi connectivity index (χ0n) is 18.8. The second kappa shape index (κ2) is 8.43. The molecule has 166 valence electrons. The Morgan fingerprint density at radius 2 is 1.84 bits per heavy atom. The lowest BCUT2D eigenvalue weighted by Crippen LogP contribution is -2.32. The molecule has 6 heteroatoms. The third-order valence-corrected chi connectivity index (χ3v) is 6.65. The van der Waals surface area contributed by atoms with E-state index in [-0.39, 0.29) is 11.4 Å². The highest BCUT2D eigenvalue weighted by Crippen LogP contribution is 2.47. The van der Waals surface area contributed by atoms with Crippen LogP contribution in [0.5, 0.6) is 5.75 Å². The van der Waals surface area contributed by atoms with Crippen LogP contribution in [0.4, 0.5) is 10.1 Å². The monoisotopic (exact) mass is 451 g/mol. The van der Waals surface area contributed by atoms with Crippen molar-refractivity contribution in [2.24, 2.45) is 0 Å². The van der Waals surface area contributed by atoms with Crippen molar-refractivity contribution < 1.29 is 18.7 Å². The van der Waals surface area contributed by atoms with E-state index in [2.05, 4.69) is 32.2 Å². The molecule has 2 aromatic carbocycles. The average Bonchev–Trinajstić information content (AvgIpc) is 3.16. The van der Waals surface area contributed by atoms with Gasteiger partial charge in [-0.05, 0) is 69.2 Å². The Bertz CT molecular complexity index is 1210. The van der Waals surface area contributed by atoms with Crippen LogP contribution in [0.2, 0.25) is 0 Å². The minimum absolute atomic E-state index is 0.218. The van der Waals surface area contributed by atoms with Crippen LogP contribution in [-0.4, -0.2) is 19.1 Å². The molecule has 4 nitrogen and oxygen atoms in total. The van der Waals surface area contributed by atoms with E-state index in [1.54, 1.807) is 17.4 Å². The Hall–Kier alpha value is -3.12. The molecule has 1 aromatic heterocycles. The molecule has 1 N–H and O–H groups in total. The van der Waals surface area contributed by atoms with Gasteiger partial charge in [-0.2, -0.15) is 0 Å². The van der Waals surface area contributed by atoms with Crippen LogP contribution in [0.3, 0.4) is 0 Å². The summed E-state index contributed by atoms with van der Waals surface area (Å²) in [6.07, 6.45) is 1.56. The molecule has 0 radical (unpaired) electrons. The van der Waals surface area contributed by atoms with Gasteiger partial charge in [-0.25, -0.2) is 4.39 Å². The Morgan fingerprint density at radius 3 is 2.50 bits per heavy atom. The molecule has 2 heterocycles. The van der Waals surface area contributed by atoms with Crippen LogP contribution >= 0.6 is 11.3 Å². The largest absolute Gasteiger partial charge is 0.496 e. The Balaban J connectivity index is 2.06. The fraction of sp³-hybridized carbons (Fsp3) is 0.269. The highest BCUT2D eigenvalue weighted by molar-refractivity contribution is 7.12. The number of fused-ring (bicyclic) bond motifs is 1. The first-order chi connectivity index (χ1) is 15.2. The number of carbonyl (C=O) groups is 1. The number of anilines is 1. The molecule has 0 saturated carbocycles. The molecule has 4 rings (SSSR count). The molecule has 3 aromatic rings. The molecule has 1 atom stereocenters. The number of ether oxygens (including phenoxy) is 2. The zero-order chi connectivity index (χ0) is 23.0. The molecule has 0 amide bonds. The van der Waals surface area contributed by atoms with Crippen molar-refractivity contribution in [3.63, 3.8) is 0 Å². The normalized spacial score (nSPS) is 15.2. The second-order valence-corrected chi connectivity index (χ2v) is 9.85. The molecule has 32 heavy (non-hydrogen) atoms. The fourth-order valence-corrected chi connectivity index (χ4v) is 5.39. The predicted octanol–water partition coefficient (Wildman–Crippen LogP) is 6.74. The lowest BCUT2D eigenvalue weighted by molar-refractivity contribution is -0.132. The highest BCUT2D eigenvalue weighted by atomic mass is 32.1. The predicted molar refractivity (Wildman–Crippen MR) is 128 cm³/mol.